The van der Waals surface area contributed by atoms with Crippen molar-refractivity contribution in [3.8, 4) is 0 Å². The minimum absolute atomic E-state index is 0.297. The maximum absolute atomic E-state index is 9.86. The molecule has 0 aromatic carbocycles. The highest BCUT2D eigenvalue weighted by Crippen LogP contribution is 1.97. The van der Waals surface area contributed by atoms with Gasteiger partial charge in [0.2, 0.25) is 0 Å². The Hall–Kier alpha value is -0.0500. The molecule has 0 saturated heterocycles. The highest BCUT2D eigenvalue weighted by Gasteiger charge is 1.93. The summed E-state index contributed by atoms with van der Waals surface area (Å²) >= 11 is 3.21. The number of carboxylic acid groups (broad SMARTS) is 1. The minimum Gasteiger partial charge on any atom is -0.481 e. The van der Waals surface area contributed by atoms with Gasteiger partial charge in [0.25, 0.3) is 0 Å². The SMILES string of the molecule is CC.O=C(O)CCCCBr. The standard InChI is InChI=1S/C5H9BrO2.C2H6/c6-4-2-1-3-5(7)8;1-2/h1-4H2,(H,7,8);1-2H3. The van der Waals surface area contributed by atoms with Gasteiger partial charge in [0, 0.05) is 11.8 Å². The first-order valence-corrected chi connectivity index (χ1v) is 4.67. The van der Waals surface area contributed by atoms with Crippen LogP contribution in [0.15, 0.2) is 0 Å². The van der Waals surface area contributed by atoms with Crippen LogP contribution in [0.4, 0.5) is 0 Å². The zero-order valence-corrected chi connectivity index (χ0v) is 8.15. The van der Waals surface area contributed by atoms with Gasteiger partial charge in [0.15, 0.2) is 0 Å². The molecule has 0 heterocycles. The first kappa shape index (κ1) is 12.6. The Morgan fingerprint density at radius 1 is 1.40 bits per heavy atom. The molecule has 0 radical (unpaired) electrons. The van der Waals surface area contributed by atoms with Crippen molar-refractivity contribution in [3.63, 3.8) is 0 Å². The third-order valence-electron chi connectivity index (χ3n) is 0.774. The topological polar surface area (TPSA) is 37.3 Å². The molecule has 0 atom stereocenters. The molecule has 0 aromatic heterocycles. The predicted octanol–water partition coefficient (Wildman–Crippen LogP) is 2.66. The molecule has 1 N–H and O–H groups in total. The van der Waals surface area contributed by atoms with Crippen molar-refractivity contribution in [2.45, 2.75) is 33.1 Å². The van der Waals surface area contributed by atoms with Gasteiger partial charge < -0.3 is 5.11 Å². The molecule has 0 rings (SSSR count). The van der Waals surface area contributed by atoms with Crippen molar-refractivity contribution < 1.29 is 9.90 Å². The fourth-order valence-electron chi connectivity index (χ4n) is 0.371. The Morgan fingerprint density at radius 2 is 1.90 bits per heavy atom. The van der Waals surface area contributed by atoms with Crippen molar-refractivity contribution in [2.24, 2.45) is 0 Å². The van der Waals surface area contributed by atoms with E-state index in [0.717, 1.165) is 18.2 Å². The smallest absolute Gasteiger partial charge is 0.303 e. The molecular weight excluding hydrogens is 196 g/mol. The molecular formula is C7H15BrO2. The minimum atomic E-state index is -0.703. The molecule has 62 valence electrons. The van der Waals surface area contributed by atoms with E-state index < -0.39 is 5.97 Å². The summed E-state index contributed by atoms with van der Waals surface area (Å²) in [5, 5.41) is 9.03. The number of unbranched alkanes of at least 4 members (excludes halogenated alkanes) is 1. The second kappa shape index (κ2) is 11.7. The maximum Gasteiger partial charge on any atom is 0.303 e. The average molecular weight is 211 g/mol. The normalized spacial score (nSPS) is 7.90. The third-order valence-corrected chi connectivity index (χ3v) is 1.34. The first-order valence-electron chi connectivity index (χ1n) is 3.55. The van der Waals surface area contributed by atoms with E-state index in [0.29, 0.717) is 6.42 Å². The number of hydrogen-bond donors (Lipinski definition) is 1. The van der Waals surface area contributed by atoms with Gasteiger partial charge in [-0.05, 0) is 12.8 Å². The molecule has 10 heavy (non-hydrogen) atoms. The number of carbonyl (C=O) groups is 1. The molecule has 0 saturated carbocycles. The molecule has 0 aliphatic carbocycles. The number of carboxylic acids is 1. The molecule has 0 spiro atoms. The number of aliphatic carboxylic acids is 1. The van der Waals surface area contributed by atoms with Crippen LogP contribution in [0, 0.1) is 0 Å². The van der Waals surface area contributed by atoms with Crippen LogP contribution in [0.25, 0.3) is 0 Å². The van der Waals surface area contributed by atoms with E-state index >= 15 is 0 Å². The van der Waals surface area contributed by atoms with Crippen molar-refractivity contribution in [2.75, 3.05) is 5.33 Å². The first-order chi connectivity index (χ1) is 4.77. The van der Waals surface area contributed by atoms with Gasteiger partial charge in [-0.15, -0.1) is 0 Å². The molecule has 0 aromatic rings. The van der Waals surface area contributed by atoms with E-state index in [1.54, 1.807) is 0 Å². The highest BCUT2D eigenvalue weighted by molar-refractivity contribution is 9.09. The second-order valence-corrected chi connectivity index (χ2v) is 2.33. The van der Waals surface area contributed by atoms with Crippen LogP contribution in [0.3, 0.4) is 0 Å². The number of rotatable bonds is 4. The lowest BCUT2D eigenvalue weighted by molar-refractivity contribution is -0.137. The summed E-state index contributed by atoms with van der Waals surface area (Å²) in [4.78, 5) is 9.86. The summed E-state index contributed by atoms with van der Waals surface area (Å²) in [6.45, 7) is 4.00. The van der Waals surface area contributed by atoms with Gasteiger partial charge in [-0.1, -0.05) is 29.8 Å². The largest absolute Gasteiger partial charge is 0.481 e. The Bertz CT molecular complexity index is 74.0. The highest BCUT2D eigenvalue weighted by atomic mass is 79.9. The maximum atomic E-state index is 9.86. The molecule has 0 amide bonds. The van der Waals surface area contributed by atoms with Crippen LogP contribution < -0.4 is 0 Å². The lowest BCUT2D eigenvalue weighted by Gasteiger charge is -1.88. The molecule has 0 unspecified atom stereocenters. The van der Waals surface area contributed by atoms with Gasteiger partial charge >= 0.3 is 5.97 Å². The van der Waals surface area contributed by atoms with Gasteiger partial charge in [0.05, 0.1) is 0 Å². The lowest BCUT2D eigenvalue weighted by Crippen LogP contribution is -1.93. The van der Waals surface area contributed by atoms with Gasteiger partial charge in [-0.25, -0.2) is 0 Å². The van der Waals surface area contributed by atoms with Gasteiger partial charge in [0.1, 0.15) is 0 Å². The summed E-state index contributed by atoms with van der Waals surface area (Å²) < 4.78 is 0. The van der Waals surface area contributed by atoms with E-state index in [9.17, 15) is 4.79 Å². The molecule has 0 bridgehead atoms. The van der Waals surface area contributed by atoms with E-state index in [4.69, 9.17) is 5.11 Å². The Labute approximate surface area is 70.8 Å². The van der Waals surface area contributed by atoms with Crippen LogP contribution >= 0.6 is 15.9 Å². The lowest BCUT2D eigenvalue weighted by atomic mass is 10.3. The third kappa shape index (κ3) is 15.7. The molecule has 3 heteroatoms. The van der Waals surface area contributed by atoms with Crippen LogP contribution in [0.1, 0.15) is 33.1 Å². The second-order valence-electron chi connectivity index (χ2n) is 1.54. The van der Waals surface area contributed by atoms with E-state index in [1.165, 1.54) is 0 Å². The van der Waals surface area contributed by atoms with Crippen molar-refractivity contribution in [1.29, 1.82) is 0 Å². The Kier molecular flexibility index (Phi) is 14.8. The monoisotopic (exact) mass is 210 g/mol. The average Bonchev–Trinajstić information content (AvgIpc) is 1.92. The van der Waals surface area contributed by atoms with E-state index in [2.05, 4.69) is 15.9 Å². The number of halogens is 1. The summed E-state index contributed by atoms with van der Waals surface area (Å²) in [5.41, 5.74) is 0. The molecule has 0 aliphatic heterocycles. The fraction of sp³-hybridized carbons (Fsp3) is 0.857. The van der Waals surface area contributed by atoms with Crippen molar-refractivity contribution >= 4 is 21.9 Å². The van der Waals surface area contributed by atoms with E-state index in [1.807, 2.05) is 13.8 Å². The molecule has 0 fully saturated rings. The Balaban J connectivity index is 0. The molecule has 0 aliphatic rings. The number of hydrogen-bond acceptors (Lipinski definition) is 1. The zero-order chi connectivity index (χ0) is 8.41. The summed E-state index contributed by atoms with van der Waals surface area (Å²) in [5.74, 6) is -0.703. The quantitative estimate of drug-likeness (QED) is 0.573. The van der Waals surface area contributed by atoms with Crippen LogP contribution in [0.2, 0.25) is 0 Å². The van der Waals surface area contributed by atoms with E-state index in [-0.39, 0.29) is 0 Å². The van der Waals surface area contributed by atoms with Gasteiger partial charge in [-0.2, -0.15) is 0 Å². The van der Waals surface area contributed by atoms with Crippen molar-refractivity contribution in [3.05, 3.63) is 0 Å². The summed E-state index contributed by atoms with van der Waals surface area (Å²) in [7, 11) is 0. The summed E-state index contributed by atoms with van der Waals surface area (Å²) in [6, 6.07) is 0. The van der Waals surface area contributed by atoms with Crippen LogP contribution in [-0.4, -0.2) is 16.4 Å². The summed E-state index contributed by atoms with van der Waals surface area (Å²) in [6.07, 6.45) is 2.03. The van der Waals surface area contributed by atoms with Crippen molar-refractivity contribution in [1.82, 2.24) is 0 Å². The molecule has 2 nitrogen and oxygen atoms in total. The van der Waals surface area contributed by atoms with Crippen LogP contribution in [-0.2, 0) is 4.79 Å². The zero-order valence-electron chi connectivity index (χ0n) is 6.56. The van der Waals surface area contributed by atoms with Crippen LogP contribution in [0.5, 0.6) is 0 Å². The van der Waals surface area contributed by atoms with Gasteiger partial charge in [-0.3, -0.25) is 4.79 Å². The Morgan fingerprint density at radius 3 is 2.20 bits per heavy atom. The predicted molar refractivity (Wildman–Crippen MR) is 46.6 cm³/mol. The number of alkyl halides is 1. The fourth-order valence-corrected chi connectivity index (χ4v) is 0.767.